The number of hydrogen-bond acceptors (Lipinski definition) is 4. The first-order valence-corrected chi connectivity index (χ1v) is 8.29. The number of carbonyl (C=O) groups excluding carboxylic acids is 1. The molecule has 0 spiro atoms. The first kappa shape index (κ1) is 16.8. The molecule has 2 atom stereocenters. The third-order valence-corrected chi connectivity index (χ3v) is 4.46. The monoisotopic (exact) mass is 349 g/mol. The summed E-state index contributed by atoms with van der Waals surface area (Å²) >= 11 is 5.94. The van der Waals surface area contributed by atoms with E-state index in [4.69, 9.17) is 21.1 Å². The Morgan fingerprint density at radius 2 is 2.42 bits per heavy atom. The summed E-state index contributed by atoms with van der Waals surface area (Å²) in [4.78, 5) is 12.5. The van der Waals surface area contributed by atoms with Gasteiger partial charge in [0.1, 0.15) is 5.75 Å². The highest BCUT2D eigenvalue weighted by atomic mass is 35.5. The molecule has 0 bridgehead atoms. The lowest BCUT2D eigenvalue weighted by Gasteiger charge is -2.31. The Kier molecular flexibility index (Phi) is 5.37. The van der Waals surface area contributed by atoms with E-state index in [1.165, 1.54) is 7.11 Å². The Morgan fingerprint density at radius 3 is 3.17 bits per heavy atom. The SMILES string of the molecule is COc1cc(Cl)ccc1C(=O)NC[C@@H]1CCCO[C@H]1c1cn[nH]c1. The van der Waals surface area contributed by atoms with Gasteiger partial charge >= 0.3 is 0 Å². The summed E-state index contributed by atoms with van der Waals surface area (Å²) < 4.78 is 11.1. The van der Waals surface area contributed by atoms with Crippen LogP contribution in [0.4, 0.5) is 0 Å². The van der Waals surface area contributed by atoms with Gasteiger partial charge in [-0.05, 0) is 31.0 Å². The van der Waals surface area contributed by atoms with Crippen LogP contribution in [0.2, 0.25) is 5.02 Å². The molecule has 128 valence electrons. The summed E-state index contributed by atoms with van der Waals surface area (Å²) in [5.41, 5.74) is 1.48. The van der Waals surface area contributed by atoms with Crippen molar-refractivity contribution in [3.63, 3.8) is 0 Å². The van der Waals surface area contributed by atoms with E-state index >= 15 is 0 Å². The topological polar surface area (TPSA) is 76.2 Å². The van der Waals surface area contributed by atoms with Gasteiger partial charge in [0.15, 0.2) is 0 Å². The standard InChI is InChI=1S/C17H20ClN3O3/c1-23-15-7-13(18)4-5-14(15)17(22)19-8-11-3-2-6-24-16(11)12-9-20-21-10-12/h4-5,7,9-11,16H,2-3,6,8H2,1H3,(H,19,22)(H,20,21)/t11-,16+/m0/s1. The number of benzene rings is 1. The number of aromatic nitrogens is 2. The number of nitrogens with zero attached hydrogens (tertiary/aromatic N) is 1. The van der Waals surface area contributed by atoms with Crippen molar-refractivity contribution in [2.75, 3.05) is 20.3 Å². The third-order valence-electron chi connectivity index (χ3n) is 4.23. The zero-order chi connectivity index (χ0) is 16.9. The minimum Gasteiger partial charge on any atom is -0.496 e. The fourth-order valence-electron chi connectivity index (χ4n) is 3.01. The summed E-state index contributed by atoms with van der Waals surface area (Å²) in [5, 5.41) is 10.3. The number of H-pyrrole nitrogens is 1. The number of methoxy groups -OCH3 is 1. The van der Waals surface area contributed by atoms with E-state index in [2.05, 4.69) is 15.5 Å². The highest BCUT2D eigenvalue weighted by Crippen LogP contribution is 2.33. The molecular formula is C17H20ClN3O3. The number of aromatic amines is 1. The average Bonchev–Trinajstić information content (AvgIpc) is 3.14. The maximum Gasteiger partial charge on any atom is 0.255 e. The quantitative estimate of drug-likeness (QED) is 0.870. The fraction of sp³-hybridized carbons (Fsp3) is 0.412. The smallest absolute Gasteiger partial charge is 0.255 e. The van der Waals surface area contributed by atoms with Crippen LogP contribution >= 0.6 is 11.6 Å². The molecule has 7 heteroatoms. The second-order valence-electron chi connectivity index (χ2n) is 5.78. The van der Waals surface area contributed by atoms with Crippen molar-refractivity contribution in [1.82, 2.24) is 15.5 Å². The van der Waals surface area contributed by atoms with Gasteiger partial charge < -0.3 is 14.8 Å². The van der Waals surface area contributed by atoms with E-state index in [-0.39, 0.29) is 17.9 Å². The van der Waals surface area contributed by atoms with Gasteiger partial charge in [0.2, 0.25) is 0 Å². The molecule has 0 saturated carbocycles. The van der Waals surface area contributed by atoms with Crippen LogP contribution in [0.3, 0.4) is 0 Å². The van der Waals surface area contributed by atoms with Crippen LogP contribution in [0.25, 0.3) is 0 Å². The van der Waals surface area contributed by atoms with E-state index in [0.717, 1.165) is 25.0 Å². The molecule has 1 aliphatic rings. The number of ether oxygens (including phenoxy) is 2. The van der Waals surface area contributed by atoms with Crippen molar-refractivity contribution in [2.24, 2.45) is 5.92 Å². The second kappa shape index (κ2) is 7.68. The van der Waals surface area contributed by atoms with Gasteiger partial charge in [0.25, 0.3) is 5.91 Å². The molecule has 0 aliphatic carbocycles. The van der Waals surface area contributed by atoms with Crippen molar-refractivity contribution in [3.05, 3.63) is 46.7 Å². The zero-order valence-corrected chi connectivity index (χ0v) is 14.2. The Bertz CT molecular complexity index is 690. The van der Waals surface area contributed by atoms with Crippen LogP contribution in [0.1, 0.15) is 34.9 Å². The van der Waals surface area contributed by atoms with Crippen LogP contribution in [-0.4, -0.2) is 36.4 Å². The van der Waals surface area contributed by atoms with E-state index in [1.807, 2.05) is 6.20 Å². The predicted octanol–water partition coefficient (Wildman–Crippen LogP) is 2.97. The molecule has 2 heterocycles. The number of amides is 1. The first-order valence-electron chi connectivity index (χ1n) is 7.91. The van der Waals surface area contributed by atoms with Crippen LogP contribution in [0.5, 0.6) is 5.75 Å². The average molecular weight is 350 g/mol. The Hall–Kier alpha value is -2.05. The van der Waals surface area contributed by atoms with Gasteiger partial charge in [0.05, 0.1) is 25.0 Å². The number of halogens is 1. The lowest BCUT2D eigenvalue weighted by atomic mass is 9.91. The van der Waals surface area contributed by atoms with Crippen molar-refractivity contribution in [1.29, 1.82) is 0 Å². The van der Waals surface area contributed by atoms with Crippen LogP contribution in [-0.2, 0) is 4.74 Å². The van der Waals surface area contributed by atoms with Crippen molar-refractivity contribution in [3.8, 4) is 5.75 Å². The van der Waals surface area contributed by atoms with Gasteiger partial charge in [-0.1, -0.05) is 11.6 Å². The summed E-state index contributed by atoms with van der Waals surface area (Å²) in [6.45, 7) is 1.26. The summed E-state index contributed by atoms with van der Waals surface area (Å²) in [5.74, 6) is 0.491. The van der Waals surface area contributed by atoms with Gasteiger partial charge in [-0.15, -0.1) is 0 Å². The molecule has 1 amide bonds. The largest absolute Gasteiger partial charge is 0.496 e. The first-order chi connectivity index (χ1) is 11.7. The van der Waals surface area contributed by atoms with Crippen molar-refractivity contribution >= 4 is 17.5 Å². The number of hydrogen-bond donors (Lipinski definition) is 2. The Labute approximate surface area is 145 Å². The van der Waals surface area contributed by atoms with Gasteiger partial charge in [0, 0.05) is 35.9 Å². The molecule has 24 heavy (non-hydrogen) atoms. The molecule has 0 radical (unpaired) electrons. The van der Waals surface area contributed by atoms with Crippen LogP contribution < -0.4 is 10.1 Å². The van der Waals surface area contributed by atoms with Gasteiger partial charge in [-0.25, -0.2) is 0 Å². The minimum absolute atomic E-state index is 0.0510. The second-order valence-corrected chi connectivity index (χ2v) is 6.22. The van der Waals surface area contributed by atoms with Gasteiger partial charge in [-0.3, -0.25) is 9.89 Å². The summed E-state index contributed by atoms with van der Waals surface area (Å²) in [7, 11) is 1.52. The molecule has 2 aromatic rings. The zero-order valence-electron chi connectivity index (χ0n) is 13.4. The maximum atomic E-state index is 12.5. The molecule has 1 saturated heterocycles. The van der Waals surface area contributed by atoms with Crippen LogP contribution in [0.15, 0.2) is 30.6 Å². The van der Waals surface area contributed by atoms with Gasteiger partial charge in [-0.2, -0.15) is 5.10 Å². The normalized spacial score (nSPS) is 20.6. The Morgan fingerprint density at radius 1 is 1.54 bits per heavy atom. The van der Waals surface area contributed by atoms with E-state index in [0.29, 0.717) is 22.9 Å². The molecule has 1 fully saturated rings. The summed E-state index contributed by atoms with van der Waals surface area (Å²) in [6, 6.07) is 4.98. The molecule has 0 unspecified atom stereocenters. The highest BCUT2D eigenvalue weighted by Gasteiger charge is 2.28. The highest BCUT2D eigenvalue weighted by molar-refractivity contribution is 6.30. The van der Waals surface area contributed by atoms with Crippen molar-refractivity contribution < 1.29 is 14.3 Å². The predicted molar refractivity (Wildman–Crippen MR) is 90.3 cm³/mol. The lowest BCUT2D eigenvalue weighted by molar-refractivity contribution is -0.0272. The van der Waals surface area contributed by atoms with Crippen molar-refractivity contribution in [2.45, 2.75) is 18.9 Å². The Balaban J connectivity index is 1.67. The lowest BCUT2D eigenvalue weighted by Crippen LogP contribution is -2.35. The molecule has 2 N–H and O–H groups in total. The maximum absolute atomic E-state index is 12.5. The van der Waals surface area contributed by atoms with E-state index in [9.17, 15) is 4.79 Å². The van der Waals surface area contributed by atoms with E-state index < -0.39 is 0 Å². The minimum atomic E-state index is -0.181. The van der Waals surface area contributed by atoms with Crippen LogP contribution in [0, 0.1) is 5.92 Å². The molecule has 1 aromatic carbocycles. The molecule has 1 aromatic heterocycles. The molecule has 1 aliphatic heterocycles. The molecule has 3 rings (SSSR count). The third kappa shape index (κ3) is 3.71. The number of rotatable bonds is 5. The van der Waals surface area contributed by atoms with E-state index in [1.54, 1.807) is 24.4 Å². The fourth-order valence-corrected chi connectivity index (χ4v) is 3.17. The number of nitrogens with one attached hydrogen (secondary N) is 2. The molecular weight excluding hydrogens is 330 g/mol. The summed E-state index contributed by atoms with van der Waals surface area (Å²) in [6.07, 6.45) is 5.54. The number of carbonyl (C=O) groups is 1. The molecule has 6 nitrogen and oxygen atoms in total.